The molecule has 0 saturated carbocycles. The molecule has 33 heavy (non-hydrogen) atoms. The SMILES string of the molecule is CCCCC(=O)NCCN(C(=O)Nc1ccccc1F)c1ccc(Oc2ccccc2)cc1. The number of rotatable bonds is 10. The van der Waals surface area contributed by atoms with Gasteiger partial charge in [0.2, 0.25) is 5.91 Å². The van der Waals surface area contributed by atoms with Crippen molar-refractivity contribution in [2.75, 3.05) is 23.3 Å². The fourth-order valence-electron chi connectivity index (χ4n) is 3.14. The number of carbonyl (C=O) groups is 2. The van der Waals surface area contributed by atoms with E-state index >= 15 is 0 Å². The van der Waals surface area contributed by atoms with Crippen molar-refractivity contribution in [2.45, 2.75) is 26.2 Å². The number of urea groups is 1. The molecule has 0 fully saturated rings. The average Bonchev–Trinajstić information content (AvgIpc) is 2.83. The minimum atomic E-state index is -0.523. The highest BCUT2D eigenvalue weighted by Crippen LogP contribution is 2.25. The number of halogens is 1. The lowest BCUT2D eigenvalue weighted by Crippen LogP contribution is -2.41. The van der Waals surface area contributed by atoms with Crippen LogP contribution >= 0.6 is 0 Å². The van der Waals surface area contributed by atoms with E-state index in [-0.39, 0.29) is 24.7 Å². The molecule has 3 rings (SSSR count). The van der Waals surface area contributed by atoms with Gasteiger partial charge in [-0.1, -0.05) is 43.7 Å². The third-order valence-electron chi connectivity index (χ3n) is 4.90. The van der Waals surface area contributed by atoms with Crippen molar-refractivity contribution in [1.82, 2.24) is 5.32 Å². The summed E-state index contributed by atoms with van der Waals surface area (Å²) in [6.07, 6.45) is 2.19. The summed E-state index contributed by atoms with van der Waals surface area (Å²) in [4.78, 5) is 26.4. The Hall–Kier alpha value is -3.87. The summed E-state index contributed by atoms with van der Waals surface area (Å²) in [5, 5.41) is 5.44. The van der Waals surface area contributed by atoms with Crippen LogP contribution < -0.4 is 20.3 Å². The van der Waals surface area contributed by atoms with E-state index in [0.717, 1.165) is 12.8 Å². The lowest BCUT2D eigenvalue weighted by Gasteiger charge is -2.24. The predicted octanol–water partition coefficient (Wildman–Crippen LogP) is 5.96. The number of hydrogen-bond donors (Lipinski definition) is 2. The zero-order valence-corrected chi connectivity index (χ0v) is 18.6. The molecule has 0 atom stereocenters. The summed E-state index contributed by atoms with van der Waals surface area (Å²) in [6, 6.07) is 21.9. The molecule has 0 aliphatic heterocycles. The highest BCUT2D eigenvalue weighted by Gasteiger charge is 2.18. The number of para-hydroxylation sites is 2. The summed E-state index contributed by atoms with van der Waals surface area (Å²) in [5.74, 6) is 0.740. The lowest BCUT2D eigenvalue weighted by molar-refractivity contribution is -0.121. The van der Waals surface area contributed by atoms with Crippen LogP contribution in [0.5, 0.6) is 11.5 Å². The standard InChI is InChI=1S/C26H28FN3O3/c1-2-3-13-25(31)28-18-19-30(26(32)29-24-12-8-7-11-23(24)27)20-14-16-22(17-15-20)33-21-9-5-4-6-10-21/h4-12,14-17H,2-3,13,18-19H2,1H3,(H,28,31)(H,29,32). The van der Waals surface area contributed by atoms with Gasteiger partial charge in [0.1, 0.15) is 17.3 Å². The topological polar surface area (TPSA) is 70.7 Å². The molecule has 0 bridgehead atoms. The summed E-state index contributed by atoms with van der Waals surface area (Å²) in [5.41, 5.74) is 0.676. The van der Waals surface area contributed by atoms with Gasteiger partial charge in [-0.3, -0.25) is 9.69 Å². The number of anilines is 2. The molecule has 0 heterocycles. The lowest BCUT2D eigenvalue weighted by atomic mass is 10.2. The third kappa shape index (κ3) is 7.35. The first-order chi connectivity index (χ1) is 16.1. The van der Waals surface area contributed by atoms with Crippen molar-refractivity contribution in [3.05, 3.63) is 84.7 Å². The minimum absolute atomic E-state index is 0.0575. The van der Waals surface area contributed by atoms with Gasteiger partial charge in [0.05, 0.1) is 5.69 Å². The molecule has 2 N–H and O–H groups in total. The first kappa shape index (κ1) is 23.8. The molecule has 7 heteroatoms. The highest BCUT2D eigenvalue weighted by molar-refractivity contribution is 6.01. The van der Waals surface area contributed by atoms with Crippen LogP contribution in [0.4, 0.5) is 20.6 Å². The van der Waals surface area contributed by atoms with E-state index in [9.17, 15) is 14.0 Å². The minimum Gasteiger partial charge on any atom is -0.457 e. The Morgan fingerprint density at radius 1 is 0.909 bits per heavy atom. The van der Waals surface area contributed by atoms with E-state index in [2.05, 4.69) is 10.6 Å². The fraction of sp³-hybridized carbons (Fsp3) is 0.231. The second kappa shape index (κ2) is 12.2. The molecule has 0 aliphatic carbocycles. The molecular formula is C26H28FN3O3. The van der Waals surface area contributed by atoms with Crippen molar-refractivity contribution < 1.29 is 18.7 Å². The largest absolute Gasteiger partial charge is 0.457 e. The van der Waals surface area contributed by atoms with Crippen molar-refractivity contribution >= 4 is 23.3 Å². The maximum absolute atomic E-state index is 14.0. The summed E-state index contributed by atoms with van der Waals surface area (Å²) < 4.78 is 19.9. The molecular weight excluding hydrogens is 421 g/mol. The predicted molar refractivity (Wildman–Crippen MR) is 128 cm³/mol. The summed E-state index contributed by atoms with van der Waals surface area (Å²) >= 11 is 0. The molecule has 0 aliphatic rings. The van der Waals surface area contributed by atoms with Gasteiger partial charge in [-0.05, 0) is 55.0 Å². The Bertz CT molecular complexity index is 1040. The quantitative estimate of drug-likeness (QED) is 0.401. The Labute approximate surface area is 193 Å². The molecule has 0 radical (unpaired) electrons. The fourth-order valence-corrected chi connectivity index (χ4v) is 3.14. The third-order valence-corrected chi connectivity index (χ3v) is 4.90. The Kier molecular flexibility index (Phi) is 8.82. The maximum atomic E-state index is 14.0. The number of benzene rings is 3. The van der Waals surface area contributed by atoms with Crippen LogP contribution in [-0.4, -0.2) is 25.0 Å². The van der Waals surface area contributed by atoms with E-state index < -0.39 is 11.8 Å². The molecule has 3 amide bonds. The molecule has 0 unspecified atom stereocenters. The zero-order chi connectivity index (χ0) is 23.5. The molecule has 172 valence electrons. The molecule has 6 nitrogen and oxygen atoms in total. The highest BCUT2D eigenvalue weighted by atomic mass is 19.1. The normalized spacial score (nSPS) is 10.4. The van der Waals surface area contributed by atoms with Crippen LogP contribution in [0.1, 0.15) is 26.2 Å². The van der Waals surface area contributed by atoms with E-state index in [1.165, 1.54) is 17.0 Å². The van der Waals surface area contributed by atoms with Crippen LogP contribution in [0.25, 0.3) is 0 Å². The number of ether oxygens (including phenoxy) is 1. The van der Waals surface area contributed by atoms with E-state index in [4.69, 9.17) is 4.74 Å². The summed E-state index contributed by atoms with van der Waals surface area (Å²) in [6.45, 7) is 2.51. The van der Waals surface area contributed by atoms with Gasteiger partial charge in [0.25, 0.3) is 0 Å². The van der Waals surface area contributed by atoms with Gasteiger partial charge >= 0.3 is 6.03 Å². The smallest absolute Gasteiger partial charge is 0.326 e. The van der Waals surface area contributed by atoms with E-state index in [1.807, 2.05) is 37.3 Å². The monoisotopic (exact) mass is 449 g/mol. The number of hydrogen-bond acceptors (Lipinski definition) is 3. The molecule has 3 aromatic carbocycles. The van der Waals surface area contributed by atoms with E-state index in [1.54, 1.807) is 36.4 Å². The first-order valence-corrected chi connectivity index (χ1v) is 11.0. The van der Waals surface area contributed by atoms with Crippen LogP contribution in [0.3, 0.4) is 0 Å². The van der Waals surface area contributed by atoms with Crippen molar-refractivity contribution in [3.8, 4) is 11.5 Å². The zero-order valence-electron chi connectivity index (χ0n) is 18.6. The molecule has 0 saturated heterocycles. The van der Waals surface area contributed by atoms with E-state index in [0.29, 0.717) is 23.6 Å². The Morgan fingerprint density at radius 2 is 1.58 bits per heavy atom. The first-order valence-electron chi connectivity index (χ1n) is 11.0. The second-order valence-electron chi connectivity index (χ2n) is 7.42. The number of nitrogens with zero attached hydrogens (tertiary/aromatic N) is 1. The maximum Gasteiger partial charge on any atom is 0.326 e. The molecule has 0 aromatic heterocycles. The Morgan fingerprint density at radius 3 is 2.27 bits per heavy atom. The Balaban J connectivity index is 1.71. The van der Waals surface area contributed by atoms with Gasteiger partial charge < -0.3 is 15.4 Å². The van der Waals surface area contributed by atoms with Gasteiger partial charge in [-0.2, -0.15) is 0 Å². The van der Waals surface area contributed by atoms with Crippen molar-refractivity contribution in [3.63, 3.8) is 0 Å². The number of nitrogens with one attached hydrogen (secondary N) is 2. The van der Waals surface area contributed by atoms with Crippen LogP contribution in [0.2, 0.25) is 0 Å². The number of unbranched alkanes of at least 4 members (excludes halogenated alkanes) is 1. The average molecular weight is 450 g/mol. The van der Waals surface area contributed by atoms with Crippen molar-refractivity contribution in [2.24, 2.45) is 0 Å². The van der Waals surface area contributed by atoms with Crippen LogP contribution in [0, 0.1) is 5.82 Å². The van der Waals surface area contributed by atoms with Gasteiger partial charge in [-0.15, -0.1) is 0 Å². The van der Waals surface area contributed by atoms with Gasteiger partial charge in [-0.25, -0.2) is 9.18 Å². The van der Waals surface area contributed by atoms with Gasteiger partial charge in [0, 0.05) is 25.2 Å². The van der Waals surface area contributed by atoms with Crippen LogP contribution in [0.15, 0.2) is 78.9 Å². The number of carbonyl (C=O) groups excluding carboxylic acids is 2. The molecule has 0 spiro atoms. The van der Waals surface area contributed by atoms with Gasteiger partial charge in [0.15, 0.2) is 0 Å². The van der Waals surface area contributed by atoms with Crippen LogP contribution in [-0.2, 0) is 4.79 Å². The molecule has 3 aromatic rings. The summed E-state index contributed by atoms with van der Waals surface area (Å²) in [7, 11) is 0. The van der Waals surface area contributed by atoms with Crippen molar-refractivity contribution in [1.29, 1.82) is 0 Å². The second-order valence-corrected chi connectivity index (χ2v) is 7.42. The number of amides is 3.